The third-order valence-electron chi connectivity index (χ3n) is 4.78. The van der Waals surface area contributed by atoms with Crippen LogP contribution in [-0.4, -0.2) is 25.5 Å². The van der Waals surface area contributed by atoms with Gasteiger partial charge in [-0.05, 0) is 37.8 Å². The molecule has 0 aliphatic rings. The number of nitrogen functional groups attached to an aromatic ring is 1. The fourth-order valence-corrected chi connectivity index (χ4v) is 3.39. The van der Waals surface area contributed by atoms with Gasteiger partial charge in [0.2, 0.25) is 11.9 Å². The molecule has 0 fully saturated rings. The molecule has 0 aliphatic carbocycles. The van der Waals surface area contributed by atoms with Gasteiger partial charge in [-0.15, -0.1) is 5.10 Å². The number of anilines is 1. The van der Waals surface area contributed by atoms with Gasteiger partial charge in [0.15, 0.2) is 0 Å². The van der Waals surface area contributed by atoms with Gasteiger partial charge in [-0.3, -0.25) is 4.79 Å². The second-order valence-electron chi connectivity index (χ2n) is 6.76. The predicted molar refractivity (Wildman–Crippen MR) is 105 cm³/mol. The summed E-state index contributed by atoms with van der Waals surface area (Å²) in [6.07, 6.45) is 2.91. The highest BCUT2D eigenvalue weighted by Crippen LogP contribution is 2.19. The van der Waals surface area contributed by atoms with Crippen LogP contribution in [0.25, 0.3) is 5.78 Å². The molecule has 1 atom stereocenters. The summed E-state index contributed by atoms with van der Waals surface area (Å²) in [7, 11) is 0. The molecule has 0 bridgehead atoms. The van der Waals surface area contributed by atoms with Gasteiger partial charge in [0.25, 0.3) is 5.78 Å². The molecule has 3 rings (SSSR count). The van der Waals surface area contributed by atoms with Crippen molar-refractivity contribution in [3.05, 3.63) is 52.8 Å². The number of aryl methyl sites for hydroxylation is 2. The molecule has 0 saturated heterocycles. The van der Waals surface area contributed by atoms with Crippen LogP contribution in [0.2, 0.25) is 0 Å². The molecular formula is C20H26N6O. The molecule has 3 aromatic rings. The molecule has 0 spiro atoms. The second-order valence-corrected chi connectivity index (χ2v) is 6.76. The van der Waals surface area contributed by atoms with Gasteiger partial charge in [-0.25, -0.2) is 4.98 Å². The highest BCUT2D eigenvalue weighted by Gasteiger charge is 2.16. The van der Waals surface area contributed by atoms with E-state index in [1.807, 2.05) is 32.0 Å². The van der Waals surface area contributed by atoms with E-state index in [-0.39, 0.29) is 17.9 Å². The fraction of sp³-hybridized carbons (Fsp3) is 0.400. The standard InChI is InChI=1S/C20H26N6O/c1-4-8-17(15-9-6-5-7-10-15)23-18(27)12-11-16-13(2)22-20-24-19(21)25-26(20)14(16)3/h5-7,9-10,17H,4,8,11-12H2,1-3H3,(H2,21,25)(H,23,27)/t17-/m1/s1. The van der Waals surface area contributed by atoms with Gasteiger partial charge in [0, 0.05) is 17.8 Å². The van der Waals surface area contributed by atoms with E-state index in [0.29, 0.717) is 18.6 Å². The van der Waals surface area contributed by atoms with Crippen molar-refractivity contribution in [2.75, 3.05) is 5.73 Å². The normalized spacial score (nSPS) is 12.3. The van der Waals surface area contributed by atoms with Crippen LogP contribution in [0.3, 0.4) is 0 Å². The minimum atomic E-state index is 0.0364. The first kappa shape index (κ1) is 18.8. The number of carbonyl (C=O) groups excluding carboxylic acids is 1. The number of rotatable bonds is 7. The molecule has 2 aromatic heterocycles. The van der Waals surface area contributed by atoms with Crippen LogP contribution in [0, 0.1) is 13.8 Å². The molecule has 7 heteroatoms. The molecule has 0 saturated carbocycles. The van der Waals surface area contributed by atoms with Gasteiger partial charge in [-0.2, -0.15) is 9.50 Å². The van der Waals surface area contributed by atoms with Crippen molar-refractivity contribution in [2.45, 2.75) is 52.5 Å². The van der Waals surface area contributed by atoms with Crippen molar-refractivity contribution < 1.29 is 4.79 Å². The van der Waals surface area contributed by atoms with E-state index in [1.54, 1.807) is 4.52 Å². The Labute approximate surface area is 159 Å². The maximum atomic E-state index is 12.6. The van der Waals surface area contributed by atoms with Crippen molar-refractivity contribution >= 4 is 17.6 Å². The third-order valence-corrected chi connectivity index (χ3v) is 4.78. The molecule has 1 aromatic carbocycles. The van der Waals surface area contributed by atoms with Crippen molar-refractivity contribution in [3.8, 4) is 0 Å². The summed E-state index contributed by atoms with van der Waals surface area (Å²) in [6.45, 7) is 6.00. The number of amides is 1. The minimum absolute atomic E-state index is 0.0364. The lowest BCUT2D eigenvalue weighted by molar-refractivity contribution is -0.121. The maximum Gasteiger partial charge on any atom is 0.254 e. The molecule has 2 heterocycles. The van der Waals surface area contributed by atoms with Crippen molar-refractivity contribution in [3.63, 3.8) is 0 Å². The highest BCUT2D eigenvalue weighted by molar-refractivity contribution is 5.76. The van der Waals surface area contributed by atoms with E-state index >= 15 is 0 Å². The summed E-state index contributed by atoms with van der Waals surface area (Å²) in [5.74, 6) is 0.724. The van der Waals surface area contributed by atoms with Crippen LogP contribution in [0.15, 0.2) is 30.3 Å². The molecule has 0 aliphatic heterocycles. The van der Waals surface area contributed by atoms with Gasteiger partial charge in [-0.1, -0.05) is 43.7 Å². The van der Waals surface area contributed by atoms with Gasteiger partial charge >= 0.3 is 0 Å². The van der Waals surface area contributed by atoms with E-state index in [4.69, 9.17) is 5.73 Å². The van der Waals surface area contributed by atoms with Crippen LogP contribution >= 0.6 is 0 Å². The number of nitrogens with one attached hydrogen (secondary N) is 1. The van der Waals surface area contributed by atoms with Crippen molar-refractivity contribution in [1.29, 1.82) is 0 Å². The lowest BCUT2D eigenvalue weighted by atomic mass is 10.0. The van der Waals surface area contributed by atoms with E-state index in [1.165, 1.54) is 0 Å². The Morgan fingerprint density at radius 3 is 2.67 bits per heavy atom. The van der Waals surface area contributed by atoms with Gasteiger partial charge < -0.3 is 11.1 Å². The van der Waals surface area contributed by atoms with Crippen LogP contribution in [-0.2, 0) is 11.2 Å². The molecule has 27 heavy (non-hydrogen) atoms. The zero-order chi connectivity index (χ0) is 19.4. The summed E-state index contributed by atoms with van der Waals surface area (Å²) in [6, 6.07) is 10.1. The SMILES string of the molecule is CCC[C@@H](NC(=O)CCc1c(C)nc2nc(N)nn2c1C)c1ccccc1. The molecule has 0 unspecified atom stereocenters. The Bertz CT molecular complexity index is 935. The van der Waals surface area contributed by atoms with Crippen LogP contribution in [0.4, 0.5) is 5.95 Å². The lowest BCUT2D eigenvalue weighted by Crippen LogP contribution is -2.28. The van der Waals surface area contributed by atoms with E-state index < -0.39 is 0 Å². The Hall–Kier alpha value is -2.96. The minimum Gasteiger partial charge on any atom is -0.366 e. The number of hydrogen-bond donors (Lipinski definition) is 2. The second kappa shape index (κ2) is 8.16. The van der Waals surface area contributed by atoms with E-state index in [0.717, 1.165) is 35.4 Å². The summed E-state index contributed by atoms with van der Waals surface area (Å²) in [4.78, 5) is 21.1. The van der Waals surface area contributed by atoms with Crippen LogP contribution in [0.1, 0.15) is 54.7 Å². The Morgan fingerprint density at radius 1 is 1.22 bits per heavy atom. The largest absolute Gasteiger partial charge is 0.366 e. The molecule has 1 amide bonds. The molecule has 7 nitrogen and oxygen atoms in total. The van der Waals surface area contributed by atoms with Crippen LogP contribution < -0.4 is 11.1 Å². The Balaban J connectivity index is 1.70. The first-order valence-corrected chi connectivity index (χ1v) is 9.32. The first-order chi connectivity index (χ1) is 13.0. The third kappa shape index (κ3) is 4.24. The summed E-state index contributed by atoms with van der Waals surface area (Å²) < 4.78 is 1.64. The summed E-state index contributed by atoms with van der Waals surface area (Å²) in [5.41, 5.74) is 9.60. The Morgan fingerprint density at radius 2 is 1.96 bits per heavy atom. The maximum absolute atomic E-state index is 12.6. The average Bonchev–Trinajstić information content (AvgIpc) is 3.02. The van der Waals surface area contributed by atoms with Crippen LogP contribution in [0.5, 0.6) is 0 Å². The van der Waals surface area contributed by atoms with E-state index in [9.17, 15) is 4.79 Å². The summed E-state index contributed by atoms with van der Waals surface area (Å²) in [5, 5.41) is 7.34. The molecule has 0 radical (unpaired) electrons. The zero-order valence-electron chi connectivity index (χ0n) is 16.1. The average molecular weight is 366 g/mol. The van der Waals surface area contributed by atoms with Crippen molar-refractivity contribution in [1.82, 2.24) is 24.9 Å². The number of hydrogen-bond acceptors (Lipinski definition) is 5. The number of benzene rings is 1. The quantitative estimate of drug-likeness (QED) is 0.670. The molecule has 3 N–H and O–H groups in total. The predicted octanol–water partition coefficient (Wildman–Crippen LogP) is 2.91. The van der Waals surface area contributed by atoms with Crippen molar-refractivity contribution in [2.24, 2.45) is 0 Å². The van der Waals surface area contributed by atoms with Gasteiger partial charge in [0.1, 0.15) is 0 Å². The highest BCUT2D eigenvalue weighted by atomic mass is 16.1. The first-order valence-electron chi connectivity index (χ1n) is 9.32. The zero-order valence-corrected chi connectivity index (χ0v) is 16.1. The van der Waals surface area contributed by atoms with Gasteiger partial charge in [0.05, 0.1) is 6.04 Å². The Kier molecular flexibility index (Phi) is 5.69. The fourth-order valence-electron chi connectivity index (χ4n) is 3.39. The van der Waals surface area contributed by atoms with E-state index in [2.05, 4.69) is 39.4 Å². The number of nitrogens with two attached hydrogens (primary N) is 1. The molecular weight excluding hydrogens is 340 g/mol. The number of carbonyl (C=O) groups is 1. The number of fused-ring (bicyclic) bond motifs is 1. The topological polar surface area (TPSA) is 98.2 Å². The number of aromatic nitrogens is 4. The summed E-state index contributed by atoms with van der Waals surface area (Å²) >= 11 is 0. The number of nitrogens with zero attached hydrogens (tertiary/aromatic N) is 4. The molecule has 142 valence electrons. The smallest absolute Gasteiger partial charge is 0.254 e. The monoisotopic (exact) mass is 366 g/mol. The lowest BCUT2D eigenvalue weighted by Gasteiger charge is -2.19.